The molecule has 0 bridgehead atoms. The highest BCUT2D eigenvalue weighted by Gasteiger charge is 2.08. The lowest BCUT2D eigenvalue weighted by atomic mass is 10.1. The van der Waals surface area contributed by atoms with Gasteiger partial charge in [-0.3, -0.25) is 0 Å². The van der Waals surface area contributed by atoms with E-state index < -0.39 is 0 Å². The highest BCUT2D eigenvalue weighted by molar-refractivity contribution is 9.10. The first-order chi connectivity index (χ1) is 9.60. The van der Waals surface area contributed by atoms with Crippen LogP contribution in [0.4, 0.5) is 10.1 Å². The van der Waals surface area contributed by atoms with Crippen LogP contribution in [0.25, 0.3) is 0 Å². The summed E-state index contributed by atoms with van der Waals surface area (Å²) in [5, 5.41) is 3.29. The van der Waals surface area contributed by atoms with Crippen LogP contribution >= 0.6 is 15.9 Å². The summed E-state index contributed by atoms with van der Waals surface area (Å²) in [6.07, 6.45) is 0. The van der Waals surface area contributed by atoms with Crippen LogP contribution in [0.1, 0.15) is 25.5 Å². The molecule has 2 aromatic carbocycles. The van der Waals surface area contributed by atoms with E-state index >= 15 is 0 Å². The number of hydrogen-bond donors (Lipinski definition) is 1. The molecule has 1 N–H and O–H groups in total. The number of halogens is 2. The van der Waals surface area contributed by atoms with Crippen LogP contribution in [0.2, 0.25) is 0 Å². The molecular formula is C16H17BrFNO. The predicted octanol–water partition coefficient (Wildman–Crippen LogP) is 5.16. The van der Waals surface area contributed by atoms with Gasteiger partial charge in [-0.05, 0) is 65.7 Å². The minimum Gasteiger partial charge on any atom is -0.494 e. The van der Waals surface area contributed by atoms with Crippen molar-refractivity contribution in [3.8, 4) is 5.75 Å². The maximum absolute atomic E-state index is 13.3. The van der Waals surface area contributed by atoms with E-state index in [1.54, 1.807) is 6.07 Å². The van der Waals surface area contributed by atoms with E-state index in [-0.39, 0.29) is 11.9 Å². The molecule has 1 atom stereocenters. The van der Waals surface area contributed by atoms with Crippen LogP contribution in [0.5, 0.6) is 5.75 Å². The molecule has 2 aromatic rings. The van der Waals surface area contributed by atoms with Crippen LogP contribution in [-0.4, -0.2) is 6.61 Å². The van der Waals surface area contributed by atoms with Gasteiger partial charge in [0.25, 0.3) is 0 Å². The molecule has 0 heterocycles. The maximum atomic E-state index is 13.3. The molecule has 1 unspecified atom stereocenters. The van der Waals surface area contributed by atoms with Crippen molar-refractivity contribution in [1.82, 2.24) is 0 Å². The van der Waals surface area contributed by atoms with E-state index in [0.29, 0.717) is 6.61 Å². The fourth-order valence-corrected chi connectivity index (χ4v) is 2.31. The number of ether oxygens (including phenoxy) is 1. The van der Waals surface area contributed by atoms with Gasteiger partial charge in [-0.2, -0.15) is 0 Å². The third-order valence-corrected chi connectivity index (χ3v) is 3.68. The Balaban J connectivity index is 2.11. The Kier molecular flexibility index (Phi) is 5.01. The van der Waals surface area contributed by atoms with Crippen molar-refractivity contribution >= 4 is 21.6 Å². The number of rotatable bonds is 5. The molecule has 4 heteroatoms. The van der Waals surface area contributed by atoms with Gasteiger partial charge in [0.15, 0.2) is 0 Å². The second kappa shape index (κ2) is 6.75. The lowest BCUT2D eigenvalue weighted by Crippen LogP contribution is -2.07. The summed E-state index contributed by atoms with van der Waals surface area (Å²) in [7, 11) is 0. The fourth-order valence-electron chi connectivity index (χ4n) is 1.94. The Morgan fingerprint density at radius 3 is 2.55 bits per heavy atom. The Labute approximate surface area is 127 Å². The molecule has 0 spiro atoms. The van der Waals surface area contributed by atoms with Crippen molar-refractivity contribution in [2.24, 2.45) is 0 Å². The van der Waals surface area contributed by atoms with Gasteiger partial charge >= 0.3 is 0 Å². The van der Waals surface area contributed by atoms with Gasteiger partial charge in [0.05, 0.1) is 12.3 Å². The second-order valence-corrected chi connectivity index (χ2v) is 5.35. The standard InChI is InChI=1S/C16H17BrFNO/c1-3-20-14-7-4-12(5-8-14)11(2)19-16-10-13(18)6-9-15(16)17/h4-11,19H,3H2,1-2H3. The minimum absolute atomic E-state index is 0.0729. The first-order valence-corrected chi connectivity index (χ1v) is 7.33. The Bertz CT molecular complexity index is 571. The quantitative estimate of drug-likeness (QED) is 0.813. The topological polar surface area (TPSA) is 21.3 Å². The van der Waals surface area contributed by atoms with Gasteiger partial charge < -0.3 is 10.1 Å². The van der Waals surface area contributed by atoms with Crippen molar-refractivity contribution in [2.45, 2.75) is 19.9 Å². The van der Waals surface area contributed by atoms with Crippen molar-refractivity contribution < 1.29 is 9.13 Å². The van der Waals surface area contributed by atoms with Crippen LogP contribution < -0.4 is 10.1 Å². The molecule has 0 aliphatic rings. The van der Waals surface area contributed by atoms with E-state index in [1.807, 2.05) is 38.1 Å². The monoisotopic (exact) mass is 337 g/mol. The molecule has 0 aliphatic carbocycles. The van der Waals surface area contributed by atoms with Crippen molar-refractivity contribution in [3.63, 3.8) is 0 Å². The number of anilines is 1. The molecule has 20 heavy (non-hydrogen) atoms. The molecule has 0 aliphatic heterocycles. The van der Waals surface area contributed by atoms with Crippen molar-refractivity contribution in [3.05, 3.63) is 58.3 Å². The molecule has 0 amide bonds. The fraction of sp³-hybridized carbons (Fsp3) is 0.250. The van der Waals surface area contributed by atoms with Gasteiger partial charge in [-0.25, -0.2) is 4.39 Å². The number of hydrogen-bond acceptors (Lipinski definition) is 2. The molecule has 0 radical (unpaired) electrons. The molecule has 0 fully saturated rings. The van der Waals surface area contributed by atoms with Crippen LogP contribution in [0.15, 0.2) is 46.9 Å². The summed E-state index contributed by atoms with van der Waals surface area (Å²) in [5.41, 5.74) is 1.86. The third-order valence-electron chi connectivity index (χ3n) is 2.99. The largest absolute Gasteiger partial charge is 0.494 e. The smallest absolute Gasteiger partial charge is 0.125 e. The lowest BCUT2D eigenvalue weighted by Gasteiger charge is -2.17. The number of benzene rings is 2. The SMILES string of the molecule is CCOc1ccc(C(C)Nc2cc(F)ccc2Br)cc1. The first-order valence-electron chi connectivity index (χ1n) is 6.54. The van der Waals surface area contributed by atoms with E-state index in [2.05, 4.69) is 21.2 Å². The van der Waals surface area contributed by atoms with Gasteiger partial charge in [-0.15, -0.1) is 0 Å². The molecule has 106 valence electrons. The molecule has 0 saturated carbocycles. The summed E-state index contributed by atoms with van der Waals surface area (Å²) in [6, 6.07) is 12.6. The molecule has 2 nitrogen and oxygen atoms in total. The highest BCUT2D eigenvalue weighted by Crippen LogP contribution is 2.28. The van der Waals surface area contributed by atoms with E-state index in [9.17, 15) is 4.39 Å². The summed E-state index contributed by atoms with van der Waals surface area (Å²) < 4.78 is 19.5. The van der Waals surface area contributed by atoms with Gasteiger partial charge in [-0.1, -0.05) is 12.1 Å². The van der Waals surface area contributed by atoms with Crippen LogP contribution in [-0.2, 0) is 0 Å². The molecule has 0 aromatic heterocycles. The Hall–Kier alpha value is -1.55. The predicted molar refractivity (Wildman–Crippen MR) is 83.7 cm³/mol. The van der Waals surface area contributed by atoms with Gasteiger partial charge in [0, 0.05) is 10.5 Å². The summed E-state index contributed by atoms with van der Waals surface area (Å²) >= 11 is 3.41. The van der Waals surface area contributed by atoms with Crippen LogP contribution in [0.3, 0.4) is 0 Å². The first kappa shape index (κ1) is 14.9. The second-order valence-electron chi connectivity index (χ2n) is 4.49. The zero-order chi connectivity index (χ0) is 14.5. The molecular weight excluding hydrogens is 321 g/mol. The van der Waals surface area contributed by atoms with Gasteiger partial charge in [0.1, 0.15) is 11.6 Å². The zero-order valence-corrected chi connectivity index (χ0v) is 13.1. The molecule has 2 rings (SSSR count). The van der Waals surface area contributed by atoms with E-state index in [1.165, 1.54) is 12.1 Å². The van der Waals surface area contributed by atoms with E-state index in [0.717, 1.165) is 21.5 Å². The van der Waals surface area contributed by atoms with Crippen molar-refractivity contribution in [2.75, 3.05) is 11.9 Å². The van der Waals surface area contributed by atoms with E-state index in [4.69, 9.17) is 4.74 Å². The van der Waals surface area contributed by atoms with Crippen molar-refractivity contribution in [1.29, 1.82) is 0 Å². The summed E-state index contributed by atoms with van der Waals surface area (Å²) in [4.78, 5) is 0. The zero-order valence-electron chi connectivity index (χ0n) is 11.5. The Morgan fingerprint density at radius 1 is 1.20 bits per heavy atom. The Morgan fingerprint density at radius 2 is 1.90 bits per heavy atom. The maximum Gasteiger partial charge on any atom is 0.125 e. The third kappa shape index (κ3) is 3.73. The molecule has 0 saturated heterocycles. The van der Waals surface area contributed by atoms with Gasteiger partial charge in [0.2, 0.25) is 0 Å². The van der Waals surface area contributed by atoms with Crippen LogP contribution in [0, 0.1) is 5.82 Å². The minimum atomic E-state index is -0.255. The summed E-state index contributed by atoms with van der Waals surface area (Å²) in [6.45, 7) is 4.65. The average Bonchev–Trinajstić information content (AvgIpc) is 2.44. The average molecular weight is 338 g/mol. The lowest BCUT2D eigenvalue weighted by molar-refractivity contribution is 0.340. The highest BCUT2D eigenvalue weighted by atomic mass is 79.9. The summed E-state index contributed by atoms with van der Waals surface area (Å²) in [5.74, 6) is 0.602. The number of nitrogens with one attached hydrogen (secondary N) is 1. The normalized spacial score (nSPS) is 12.0.